The van der Waals surface area contributed by atoms with Gasteiger partial charge in [-0.05, 0) is 31.5 Å². The van der Waals surface area contributed by atoms with Crippen LogP contribution in [-0.4, -0.2) is 56.5 Å². The molecule has 1 aromatic carbocycles. The summed E-state index contributed by atoms with van der Waals surface area (Å²) in [4.78, 5) is 1.37. The zero-order chi connectivity index (χ0) is 16.2. The van der Waals surface area contributed by atoms with Gasteiger partial charge in [-0.2, -0.15) is 0 Å². The number of hydrogen-bond donors (Lipinski definition) is 2. The van der Waals surface area contributed by atoms with Gasteiger partial charge < -0.3 is 29.0 Å². The number of aliphatic hydroxyl groups excluding tert-OH is 1. The molecule has 0 saturated carbocycles. The van der Waals surface area contributed by atoms with E-state index in [-0.39, 0.29) is 19.0 Å². The Morgan fingerprint density at radius 2 is 1.96 bits per heavy atom. The SMILES string of the molecule is C[C@@H]1C[NH+](C[C@H](O)COCc2ccc3c(c2)OCO3)C[C@@H](C)O1. The number of aliphatic hydroxyl groups is 1. The second-order valence-corrected chi connectivity index (χ2v) is 6.48. The number of benzene rings is 1. The molecule has 6 nitrogen and oxygen atoms in total. The molecule has 0 radical (unpaired) electrons. The second kappa shape index (κ2) is 7.49. The number of nitrogens with one attached hydrogen (secondary N) is 1. The van der Waals surface area contributed by atoms with Crippen LogP contribution in [0.2, 0.25) is 0 Å². The summed E-state index contributed by atoms with van der Waals surface area (Å²) in [7, 11) is 0. The van der Waals surface area contributed by atoms with Crippen molar-refractivity contribution in [1.82, 2.24) is 0 Å². The lowest BCUT2D eigenvalue weighted by Gasteiger charge is -2.33. The number of quaternary nitrogens is 1. The van der Waals surface area contributed by atoms with Gasteiger partial charge in [-0.25, -0.2) is 0 Å². The molecule has 6 heteroatoms. The molecule has 1 aromatic rings. The zero-order valence-corrected chi connectivity index (χ0v) is 13.8. The Balaban J connectivity index is 1.40. The van der Waals surface area contributed by atoms with E-state index in [0.29, 0.717) is 19.8 Å². The molecule has 23 heavy (non-hydrogen) atoms. The first-order valence-electron chi connectivity index (χ1n) is 8.23. The Hall–Kier alpha value is -1.34. The van der Waals surface area contributed by atoms with Crippen LogP contribution in [0.25, 0.3) is 0 Å². The maximum absolute atomic E-state index is 10.2. The van der Waals surface area contributed by atoms with Crippen molar-refractivity contribution in [2.45, 2.75) is 38.8 Å². The Labute approximate surface area is 136 Å². The average molecular weight is 324 g/mol. The third-order valence-corrected chi connectivity index (χ3v) is 4.16. The van der Waals surface area contributed by atoms with Crippen molar-refractivity contribution >= 4 is 0 Å². The second-order valence-electron chi connectivity index (χ2n) is 6.48. The van der Waals surface area contributed by atoms with Gasteiger partial charge >= 0.3 is 0 Å². The first-order valence-corrected chi connectivity index (χ1v) is 8.23. The summed E-state index contributed by atoms with van der Waals surface area (Å²) >= 11 is 0. The van der Waals surface area contributed by atoms with Crippen LogP contribution in [-0.2, 0) is 16.1 Å². The van der Waals surface area contributed by atoms with E-state index in [4.69, 9.17) is 18.9 Å². The van der Waals surface area contributed by atoms with Crippen LogP contribution in [0, 0.1) is 0 Å². The van der Waals surface area contributed by atoms with E-state index in [0.717, 1.165) is 30.2 Å². The molecule has 0 bridgehead atoms. The fourth-order valence-corrected chi connectivity index (χ4v) is 3.29. The maximum Gasteiger partial charge on any atom is 0.231 e. The predicted octanol–water partition coefficient (Wildman–Crippen LogP) is -0.0151. The number of morpholine rings is 1. The van der Waals surface area contributed by atoms with Gasteiger partial charge in [0.2, 0.25) is 6.79 Å². The Morgan fingerprint density at radius 3 is 2.74 bits per heavy atom. The number of fused-ring (bicyclic) bond motifs is 1. The van der Waals surface area contributed by atoms with Gasteiger partial charge in [-0.15, -0.1) is 0 Å². The highest BCUT2D eigenvalue weighted by Crippen LogP contribution is 2.32. The van der Waals surface area contributed by atoms with Crippen molar-refractivity contribution in [2.24, 2.45) is 0 Å². The molecule has 0 aromatic heterocycles. The lowest BCUT2D eigenvalue weighted by atomic mass is 10.2. The minimum Gasteiger partial charge on any atom is -0.454 e. The van der Waals surface area contributed by atoms with Crippen LogP contribution in [0.4, 0.5) is 0 Å². The Kier molecular flexibility index (Phi) is 5.38. The minimum absolute atomic E-state index is 0.246. The zero-order valence-electron chi connectivity index (χ0n) is 13.8. The third-order valence-electron chi connectivity index (χ3n) is 4.16. The largest absolute Gasteiger partial charge is 0.454 e. The summed E-state index contributed by atoms with van der Waals surface area (Å²) in [6.07, 6.45) is 0.0301. The van der Waals surface area contributed by atoms with Gasteiger partial charge in [-0.3, -0.25) is 0 Å². The van der Waals surface area contributed by atoms with Crippen LogP contribution in [0.1, 0.15) is 19.4 Å². The first kappa shape index (κ1) is 16.5. The topological polar surface area (TPSA) is 61.6 Å². The van der Waals surface area contributed by atoms with E-state index >= 15 is 0 Å². The molecule has 3 atom stereocenters. The molecule has 2 aliphatic heterocycles. The standard InChI is InChI=1S/C17H25NO5/c1-12-6-18(7-13(2)23-12)8-15(19)10-20-9-14-3-4-16-17(5-14)22-11-21-16/h3-5,12-13,15,19H,6-11H2,1-2H3/p+1/t12-,13-,15+/m1/s1. The lowest BCUT2D eigenvalue weighted by molar-refractivity contribution is -0.918. The van der Waals surface area contributed by atoms with E-state index in [1.807, 2.05) is 18.2 Å². The Morgan fingerprint density at radius 1 is 1.22 bits per heavy atom. The smallest absolute Gasteiger partial charge is 0.231 e. The van der Waals surface area contributed by atoms with E-state index < -0.39 is 6.10 Å². The molecule has 0 spiro atoms. The quantitative estimate of drug-likeness (QED) is 0.770. The van der Waals surface area contributed by atoms with Gasteiger partial charge in [0.1, 0.15) is 37.9 Å². The highest BCUT2D eigenvalue weighted by Gasteiger charge is 2.27. The van der Waals surface area contributed by atoms with Crippen molar-refractivity contribution in [3.63, 3.8) is 0 Å². The monoisotopic (exact) mass is 324 g/mol. The van der Waals surface area contributed by atoms with Gasteiger partial charge in [-0.1, -0.05) is 6.07 Å². The first-order chi connectivity index (χ1) is 11.1. The van der Waals surface area contributed by atoms with Crippen molar-refractivity contribution < 1.29 is 29.0 Å². The third kappa shape index (κ3) is 4.57. The summed E-state index contributed by atoms with van der Waals surface area (Å²) in [5.74, 6) is 1.53. The molecule has 128 valence electrons. The summed E-state index contributed by atoms with van der Waals surface area (Å²) in [5, 5.41) is 10.2. The van der Waals surface area contributed by atoms with Crippen LogP contribution in [0.5, 0.6) is 11.5 Å². The molecule has 2 heterocycles. The Bertz CT molecular complexity index is 514. The van der Waals surface area contributed by atoms with Gasteiger partial charge in [0, 0.05) is 0 Å². The van der Waals surface area contributed by atoms with Crippen molar-refractivity contribution in [2.75, 3.05) is 33.0 Å². The van der Waals surface area contributed by atoms with Crippen LogP contribution in [0.15, 0.2) is 18.2 Å². The normalized spacial score (nSPS) is 27.9. The summed E-state index contributed by atoms with van der Waals surface area (Å²) in [6.45, 7) is 7.79. The van der Waals surface area contributed by atoms with Crippen LogP contribution < -0.4 is 14.4 Å². The van der Waals surface area contributed by atoms with Gasteiger partial charge in [0.25, 0.3) is 0 Å². The molecule has 2 N–H and O–H groups in total. The summed E-state index contributed by atoms with van der Waals surface area (Å²) in [5.41, 5.74) is 1.02. The average Bonchev–Trinajstić information content (AvgIpc) is 2.93. The van der Waals surface area contributed by atoms with Gasteiger partial charge in [0.15, 0.2) is 11.5 Å². The summed E-state index contributed by atoms with van der Waals surface area (Å²) < 4.78 is 22.0. The van der Waals surface area contributed by atoms with E-state index in [1.54, 1.807) is 0 Å². The molecule has 0 amide bonds. The van der Waals surface area contributed by atoms with E-state index in [9.17, 15) is 5.11 Å². The maximum atomic E-state index is 10.2. The fourth-order valence-electron chi connectivity index (χ4n) is 3.29. The van der Waals surface area contributed by atoms with E-state index in [1.165, 1.54) is 4.90 Å². The lowest BCUT2D eigenvalue weighted by Crippen LogP contribution is -3.16. The highest BCUT2D eigenvalue weighted by molar-refractivity contribution is 5.44. The van der Waals surface area contributed by atoms with Crippen LogP contribution >= 0.6 is 0 Å². The number of ether oxygens (including phenoxy) is 4. The predicted molar refractivity (Wildman–Crippen MR) is 83.8 cm³/mol. The molecule has 1 fully saturated rings. The van der Waals surface area contributed by atoms with Gasteiger partial charge in [0.05, 0.1) is 13.2 Å². The summed E-state index contributed by atoms with van der Waals surface area (Å²) in [6, 6.07) is 5.76. The molecule has 2 aliphatic rings. The van der Waals surface area contributed by atoms with E-state index in [2.05, 4.69) is 13.8 Å². The molecular weight excluding hydrogens is 298 g/mol. The highest BCUT2D eigenvalue weighted by atomic mass is 16.7. The van der Waals surface area contributed by atoms with Crippen molar-refractivity contribution in [3.8, 4) is 11.5 Å². The number of hydrogen-bond acceptors (Lipinski definition) is 5. The number of rotatable bonds is 6. The van der Waals surface area contributed by atoms with Crippen molar-refractivity contribution in [1.29, 1.82) is 0 Å². The van der Waals surface area contributed by atoms with Crippen LogP contribution in [0.3, 0.4) is 0 Å². The molecular formula is C17H26NO5+. The van der Waals surface area contributed by atoms with Crippen molar-refractivity contribution in [3.05, 3.63) is 23.8 Å². The fraction of sp³-hybridized carbons (Fsp3) is 0.647. The molecule has 0 unspecified atom stereocenters. The molecule has 1 saturated heterocycles. The molecule has 3 rings (SSSR count). The molecule has 0 aliphatic carbocycles. The minimum atomic E-state index is -0.462.